The van der Waals surface area contributed by atoms with Gasteiger partial charge in [0.1, 0.15) is 23.0 Å². The molecule has 7 heteroatoms. The van der Waals surface area contributed by atoms with E-state index in [1.807, 2.05) is 0 Å². The van der Waals surface area contributed by atoms with Gasteiger partial charge < -0.3 is 21.3 Å². The molecule has 0 bridgehead atoms. The zero-order valence-electron chi connectivity index (χ0n) is 8.66. The second kappa shape index (κ2) is 5.22. The Morgan fingerprint density at radius 2 is 1.76 bits per heavy atom. The molecule has 5 N–H and O–H groups in total. The van der Waals surface area contributed by atoms with Gasteiger partial charge in [-0.1, -0.05) is 6.07 Å². The van der Waals surface area contributed by atoms with Crippen LogP contribution < -0.4 is 11.1 Å². The van der Waals surface area contributed by atoms with Crippen LogP contribution in [-0.4, -0.2) is 20.2 Å². The highest BCUT2D eigenvalue weighted by Crippen LogP contribution is 2.34. The summed E-state index contributed by atoms with van der Waals surface area (Å²) >= 11 is 0. The maximum Gasteiger partial charge on any atom is 0.221 e. The molecule has 0 radical (unpaired) electrons. The summed E-state index contributed by atoms with van der Waals surface area (Å²) in [4.78, 5) is 7.61. The number of nitrogens with one attached hydrogen (secondary N) is 1. The molecule has 17 heavy (non-hydrogen) atoms. The summed E-state index contributed by atoms with van der Waals surface area (Å²) in [5, 5.41) is 21.8. The first-order chi connectivity index (χ1) is 7.66. The summed E-state index contributed by atoms with van der Waals surface area (Å²) in [7, 11) is 0. The molecule has 0 atom stereocenters. The van der Waals surface area contributed by atoms with Crippen molar-refractivity contribution in [3.05, 3.63) is 30.5 Å². The quantitative estimate of drug-likeness (QED) is 0.607. The Hall–Kier alpha value is -2.21. The lowest BCUT2D eigenvalue weighted by atomic mass is 10.2. The van der Waals surface area contributed by atoms with Crippen molar-refractivity contribution in [2.45, 2.75) is 0 Å². The fraction of sp³-hybridized carbons (Fsp3) is 0. The lowest BCUT2D eigenvalue weighted by Gasteiger charge is -2.09. The molecular formula is C10H11ClN4O2. The zero-order valence-corrected chi connectivity index (χ0v) is 9.48. The summed E-state index contributed by atoms with van der Waals surface area (Å²) < 4.78 is 0. The van der Waals surface area contributed by atoms with Gasteiger partial charge in [-0.2, -0.15) is 4.98 Å². The van der Waals surface area contributed by atoms with Crippen LogP contribution >= 0.6 is 12.4 Å². The number of hydrogen-bond acceptors (Lipinski definition) is 6. The number of hydrogen-bond donors (Lipinski definition) is 4. The molecule has 2 rings (SSSR count). The van der Waals surface area contributed by atoms with E-state index in [1.165, 1.54) is 24.4 Å². The molecule has 1 aromatic heterocycles. The number of halogens is 1. The van der Waals surface area contributed by atoms with Crippen molar-refractivity contribution in [2.75, 3.05) is 11.1 Å². The van der Waals surface area contributed by atoms with E-state index in [0.717, 1.165) is 0 Å². The molecule has 0 spiro atoms. The first kappa shape index (κ1) is 12.9. The van der Waals surface area contributed by atoms with Gasteiger partial charge in [0.15, 0.2) is 0 Å². The van der Waals surface area contributed by atoms with Gasteiger partial charge >= 0.3 is 0 Å². The first-order valence-corrected chi connectivity index (χ1v) is 4.53. The third-order valence-corrected chi connectivity index (χ3v) is 1.95. The van der Waals surface area contributed by atoms with Crippen LogP contribution in [0, 0.1) is 0 Å². The number of phenolic OH excluding ortho intramolecular Hbond substituents is 2. The van der Waals surface area contributed by atoms with Crippen molar-refractivity contribution in [2.24, 2.45) is 0 Å². The maximum absolute atomic E-state index is 9.52. The molecule has 2 aromatic rings. The van der Waals surface area contributed by atoms with E-state index < -0.39 is 0 Å². The predicted molar refractivity (Wildman–Crippen MR) is 66.7 cm³/mol. The van der Waals surface area contributed by atoms with Crippen molar-refractivity contribution in [1.82, 2.24) is 9.97 Å². The molecule has 6 nitrogen and oxygen atoms in total. The lowest BCUT2D eigenvalue weighted by Crippen LogP contribution is -1.99. The van der Waals surface area contributed by atoms with Gasteiger partial charge in [-0.25, -0.2) is 4.98 Å². The van der Waals surface area contributed by atoms with E-state index in [-0.39, 0.29) is 35.5 Å². The average molecular weight is 255 g/mol. The molecule has 0 aliphatic carbocycles. The third-order valence-electron chi connectivity index (χ3n) is 1.95. The number of anilines is 3. The molecule has 0 saturated carbocycles. The number of nitrogen functional groups attached to an aromatic ring is 1. The van der Waals surface area contributed by atoms with E-state index in [2.05, 4.69) is 15.3 Å². The Bertz CT molecular complexity index is 501. The van der Waals surface area contributed by atoms with Crippen LogP contribution in [0.5, 0.6) is 11.5 Å². The number of aromatic nitrogens is 2. The lowest BCUT2D eigenvalue weighted by molar-refractivity contribution is 0.455. The smallest absolute Gasteiger partial charge is 0.221 e. The summed E-state index contributed by atoms with van der Waals surface area (Å²) in [6, 6.07) is 6.01. The molecule has 0 unspecified atom stereocenters. The Morgan fingerprint density at radius 3 is 2.35 bits per heavy atom. The maximum atomic E-state index is 9.52. The zero-order chi connectivity index (χ0) is 11.5. The normalized spacial score (nSPS) is 9.41. The Balaban J connectivity index is 0.00000144. The summed E-state index contributed by atoms with van der Waals surface area (Å²) in [6.45, 7) is 0. The average Bonchev–Trinajstić information content (AvgIpc) is 2.24. The molecule has 0 aliphatic heterocycles. The highest BCUT2D eigenvalue weighted by molar-refractivity contribution is 5.85. The van der Waals surface area contributed by atoms with E-state index in [0.29, 0.717) is 5.82 Å². The number of benzene rings is 1. The Labute approximate surface area is 104 Å². The molecule has 0 aliphatic rings. The van der Waals surface area contributed by atoms with Crippen molar-refractivity contribution in [1.29, 1.82) is 0 Å². The summed E-state index contributed by atoms with van der Waals surface area (Å²) in [5.74, 6) is 0.360. The highest BCUT2D eigenvalue weighted by atomic mass is 35.5. The minimum atomic E-state index is -0.0721. The van der Waals surface area contributed by atoms with Gasteiger partial charge in [0.05, 0.1) is 0 Å². The predicted octanol–water partition coefficient (Wildman–Crippen LogP) is 1.64. The van der Waals surface area contributed by atoms with Crippen molar-refractivity contribution in [3.63, 3.8) is 0 Å². The number of nitrogens with two attached hydrogens (primary N) is 1. The van der Waals surface area contributed by atoms with Gasteiger partial charge in [0, 0.05) is 6.20 Å². The van der Waals surface area contributed by atoms with Gasteiger partial charge in [-0.3, -0.25) is 0 Å². The van der Waals surface area contributed by atoms with Crippen LogP contribution in [0.3, 0.4) is 0 Å². The topological polar surface area (TPSA) is 104 Å². The third kappa shape index (κ3) is 2.88. The standard InChI is InChI=1S/C10H10N4O2.ClH/c11-10-12-5-4-8(14-10)13-9-6(15)2-1-3-7(9)16;/h1-5,15-16H,(H3,11,12,13,14);1H. The number of para-hydroxylation sites is 1. The molecule has 1 heterocycles. The monoisotopic (exact) mass is 254 g/mol. The molecule has 90 valence electrons. The van der Waals surface area contributed by atoms with Crippen LogP contribution in [0.4, 0.5) is 17.5 Å². The number of aromatic hydroxyl groups is 2. The van der Waals surface area contributed by atoms with Crippen LogP contribution in [0.25, 0.3) is 0 Å². The second-order valence-electron chi connectivity index (χ2n) is 3.10. The first-order valence-electron chi connectivity index (χ1n) is 4.53. The van der Waals surface area contributed by atoms with E-state index in [4.69, 9.17) is 5.73 Å². The minimum Gasteiger partial charge on any atom is -0.506 e. The van der Waals surface area contributed by atoms with Gasteiger partial charge in [-0.05, 0) is 18.2 Å². The largest absolute Gasteiger partial charge is 0.506 e. The second-order valence-corrected chi connectivity index (χ2v) is 3.10. The van der Waals surface area contributed by atoms with Gasteiger partial charge in [-0.15, -0.1) is 12.4 Å². The molecule has 0 saturated heterocycles. The molecule has 0 fully saturated rings. The SMILES string of the molecule is Cl.Nc1nccc(Nc2c(O)cccc2O)n1. The fourth-order valence-electron chi connectivity index (χ4n) is 1.23. The fourth-order valence-corrected chi connectivity index (χ4v) is 1.23. The number of nitrogens with zero attached hydrogens (tertiary/aromatic N) is 2. The molecular weight excluding hydrogens is 244 g/mol. The van der Waals surface area contributed by atoms with Crippen molar-refractivity contribution in [3.8, 4) is 11.5 Å². The van der Waals surface area contributed by atoms with Gasteiger partial charge in [0.2, 0.25) is 5.95 Å². The van der Waals surface area contributed by atoms with E-state index in [9.17, 15) is 10.2 Å². The van der Waals surface area contributed by atoms with E-state index >= 15 is 0 Å². The summed E-state index contributed by atoms with van der Waals surface area (Å²) in [5.41, 5.74) is 5.58. The molecule has 1 aromatic carbocycles. The Morgan fingerprint density at radius 1 is 1.12 bits per heavy atom. The highest BCUT2D eigenvalue weighted by Gasteiger charge is 2.07. The van der Waals surface area contributed by atoms with Crippen molar-refractivity contribution < 1.29 is 10.2 Å². The number of rotatable bonds is 2. The van der Waals surface area contributed by atoms with Crippen LogP contribution in [0.1, 0.15) is 0 Å². The Kier molecular flexibility index (Phi) is 3.95. The van der Waals surface area contributed by atoms with Crippen LogP contribution in [0.2, 0.25) is 0 Å². The van der Waals surface area contributed by atoms with Crippen molar-refractivity contribution >= 4 is 29.9 Å². The molecule has 0 amide bonds. The van der Waals surface area contributed by atoms with E-state index in [1.54, 1.807) is 6.07 Å². The van der Waals surface area contributed by atoms with Crippen LogP contribution in [-0.2, 0) is 0 Å². The minimum absolute atomic E-state index is 0. The van der Waals surface area contributed by atoms with Gasteiger partial charge in [0.25, 0.3) is 0 Å². The van der Waals surface area contributed by atoms with Crippen LogP contribution in [0.15, 0.2) is 30.5 Å². The number of phenols is 2. The summed E-state index contributed by atoms with van der Waals surface area (Å²) in [6.07, 6.45) is 1.47.